The van der Waals surface area contributed by atoms with Crippen LogP contribution in [-0.4, -0.2) is 47.4 Å². The Morgan fingerprint density at radius 3 is 1.85 bits per heavy atom. The SMILES string of the molecule is C1CCCCC1.CCCCC(CC)(CC)C(=O)NCC(=O)N(C)[C@H](/C=C(\C)C(=O)O)C(C)C. The van der Waals surface area contributed by atoms with E-state index in [0.717, 1.165) is 32.1 Å². The minimum Gasteiger partial charge on any atom is -0.478 e. The van der Waals surface area contributed by atoms with Crippen LogP contribution < -0.4 is 5.32 Å². The second-order valence-corrected chi connectivity index (χ2v) is 9.79. The van der Waals surface area contributed by atoms with Crippen molar-refractivity contribution in [2.75, 3.05) is 13.6 Å². The Bertz CT molecular complexity index is 608. The number of carboxylic acid groups (broad SMARTS) is 1. The lowest BCUT2D eigenvalue weighted by atomic mass is 9.77. The van der Waals surface area contributed by atoms with E-state index in [-0.39, 0.29) is 35.9 Å². The van der Waals surface area contributed by atoms with E-state index in [0.29, 0.717) is 0 Å². The van der Waals surface area contributed by atoms with Gasteiger partial charge in [0.05, 0.1) is 12.6 Å². The summed E-state index contributed by atoms with van der Waals surface area (Å²) in [6, 6.07) is -0.340. The van der Waals surface area contributed by atoms with Gasteiger partial charge in [0.25, 0.3) is 0 Å². The second-order valence-electron chi connectivity index (χ2n) is 9.79. The average Bonchev–Trinajstić information content (AvgIpc) is 2.82. The Labute approximate surface area is 202 Å². The molecule has 0 saturated heterocycles. The molecule has 33 heavy (non-hydrogen) atoms. The zero-order valence-electron chi connectivity index (χ0n) is 22.3. The molecule has 0 aromatic carbocycles. The molecule has 0 bridgehead atoms. The third-order valence-electron chi connectivity index (χ3n) is 7.03. The Morgan fingerprint density at radius 2 is 1.48 bits per heavy atom. The molecule has 1 aliphatic rings. The summed E-state index contributed by atoms with van der Waals surface area (Å²) >= 11 is 0. The van der Waals surface area contributed by atoms with E-state index in [1.807, 2.05) is 27.7 Å². The number of nitrogens with one attached hydrogen (secondary N) is 1. The first-order valence-electron chi connectivity index (χ1n) is 13.0. The van der Waals surface area contributed by atoms with Gasteiger partial charge in [-0.3, -0.25) is 9.59 Å². The Hall–Kier alpha value is -1.85. The first kappa shape index (κ1) is 31.1. The molecule has 1 rings (SSSR count). The Kier molecular flexibility index (Phi) is 15.8. The molecule has 0 aromatic heterocycles. The van der Waals surface area contributed by atoms with Gasteiger partial charge in [-0.05, 0) is 32.1 Å². The fourth-order valence-corrected chi connectivity index (χ4v) is 4.33. The predicted octanol–water partition coefficient (Wildman–Crippen LogP) is 5.95. The van der Waals surface area contributed by atoms with Crippen LogP contribution in [0.1, 0.15) is 112 Å². The van der Waals surface area contributed by atoms with Crippen molar-refractivity contribution in [2.45, 2.75) is 118 Å². The number of amides is 2. The number of rotatable bonds is 12. The summed E-state index contributed by atoms with van der Waals surface area (Å²) in [5.41, 5.74) is -0.223. The monoisotopic (exact) mass is 466 g/mol. The van der Waals surface area contributed by atoms with Crippen LogP contribution in [-0.2, 0) is 14.4 Å². The molecule has 192 valence electrons. The largest absolute Gasteiger partial charge is 0.478 e. The van der Waals surface area contributed by atoms with Crippen LogP contribution in [0.15, 0.2) is 11.6 Å². The van der Waals surface area contributed by atoms with Crippen LogP contribution in [0.3, 0.4) is 0 Å². The van der Waals surface area contributed by atoms with E-state index in [1.54, 1.807) is 13.1 Å². The van der Waals surface area contributed by atoms with Crippen molar-refractivity contribution in [3.05, 3.63) is 11.6 Å². The number of carbonyl (C=O) groups is 3. The van der Waals surface area contributed by atoms with Crippen molar-refractivity contribution in [2.24, 2.45) is 11.3 Å². The molecule has 0 aromatic rings. The highest BCUT2D eigenvalue weighted by molar-refractivity contribution is 5.88. The van der Waals surface area contributed by atoms with E-state index < -0.39 is 11.4 Å². The molecule has 2 amide bonds. The van der Waals surface area contributed by atoms with Crippen molar-refractivity contribution in [1.82, 2.24) is 10.2 Å². The molecule has 0 unspecified atom stereocenters. The van der Waals surface area contributed by atoms with Gasteiger partial charge < -0.3 is 15.3 Å². The van der Waals surface area contributed by atoms with Gasteiger partial charge in [0.2, 0.25) is 11.8 Å². The highest BCUT2D eigenvalue weighted by Crippen LogP contribution is 2.32. The van der Waals surface area contributed by atoms with Crippen molar-refractivity contribution < 1.29 is 19.5 Å². The normalized spacial score (nSPS) is 15.3. The van der Waals surface area contributed by atoms with Gasteiger partial charge in [-0.15, -0.1) is 0 Å². The van der Waals surface area contributed by atoms with E-state index in [1.165, 1.54) is 50.3 Å². The highest BCUT2D eigenvalue weighted by atomic mass is 16.4. The van der Waals surface area contributed by atoms with E-state index in [9.17, 15) is 14.4 Å². The standard InChI is InChI=1S/C21H38N2O4.C6H12/c1-8-11-12-21(9-2,10-3)20(27)22-14-18(24)23(7)17(15(4)5)13-16(6)19(25)26;1-2-4-6-5-3-1/h13,15,17H,8-12,14H2,1-7H3,(H,22,27)(H,25,26);1-6H2/b16-13+;/t17-;/m1./s1. The molecule has 0 radical (unpaired) electrons. The summed E-state index contributed by atoms with van der Waals surface area (Å²) in [5, 5.41) is 11.9. The lowest BCUT2D eigenvalue weighted by Gasteiger charge is -2.32. The molecule has 6 nitrogen and oxygen atoms in total. The number of nitrogens with zero attached hydrogens (tertiary/aromatic N) is 1. The van der Waals surface area contributed by atoms with Crippen LogP contribution in [0.2, 0.25) is 0 Å². The smallest absolute Gasteiger partial charge is 0.331 e. The number of hydrogen-bond donors (Lipinski definition) is 2. The minimum absolute atomic E-state index is 0.0545. The number of unbranched alkanes of at least 4 members (excludes halogenated alkanes) is 1. The number of hydrogen-bond acceptors (Lipinski definition) is 3. The molecule has 1 saturated carbocycles. The van der Waals surface area contributed by atoms with Gasteiger partial charge in [-0.1, -0.05) is 92.1 Å². The molecule has 1 aliphatic carbocycles. The molecule has 0 aliphatic heterocycles. The van der Waals surface area contributed by atoms with Crippen LogP contribution in [0.5, 0.6) is 0 Å². The molecular formula is C27H50N2O4. The average molecular weight is 467 g/mol. The summed E-state index contributed by atoms with van der Waals surface area (Å²) in [6.07, 6.45) is 14.9. The van der Waals surface area contributed by atoms with Crippen LogP contribution in [0.4, 0.5) is 0 Å². The van der Waals surface area contributed by atoms with Gasteiger partial charge in [-0.25, -0.2) is 4.79 Å². The summed E-state index contributed by atoms with van der Waals surface area (Å²) in [5.74, 6) is -1.24. The van der Waals surface area contributed by atoms with Gasteiger partial charge in [0, 0.05) is 18.0 Å². The maximum atomic E-state index is 12.8. The van der Waals surface area contributed by atoms with Gasteiger partial charge in [0.1, 0.15) is 0 Å². The minimum atomic E-state index is -0.999. The van der Waals surface area contributed by atoms with Crippen molar-refractivity contribution in [3.8, 4) is 0 Å². The van der Waals surface area contributed by atoms with Crippen LogP contribution >= 0.6 is 0 Å². The number of carbonyl (C=O) groups excluding carboxylic acids is 2. The van der Waals surface area contributed by atoms with Crippen molar-refractivity contribution in [1.29, 1.82) is 0 Å². The van der Waals surface area contributed by atoms with Gasteiger partial charge >= 0.3 is 5.97 Å². The Morgan fingerprint density at radius 1 is 1.00 bits per heavy atom. The number of carboxylic acids is 1. The number of likely N-dealkylation sites (N-methyl/N-ethyl adjacent to an activating group) is 1. The van der Waals surface area contributed by atoms with E-state index in [4.69, 9.17) is 5.11 Å². The summed E-state index contributed by atoms with van der Waals surface area (Å²) < 4.78 is 0. The molecule has 1 fully saturated rings. The first-order valence-corrected chi connectivity index (χ1v) is 13.0. The molecule has 6 heteroatoms. The van der Waals surface area contributed by atoms with Gasteiger partial charge in [0.15, 0.2) is 0 Å². The summed E-state index contributed by atoms with van der Waals surface area (Å²) in [7, 11) is 1.65. The molecule has 1 atom stereocenters. The third-order valence-corrected chi connectivity index (χ3v) is 7.03. The molecule has 0 heterocycles. The fourth-order valence-electron chi connectivity index (χ4n) is 4.33. The van der Waals surface area contributed by atoms with E-state index >= 15 is 0 Å². The topological polar surface area (TPSA) is 86.7 Å². The van der Waals surface area contributed by atoms with Crippen molar-refractivity contribution >= 4 is 17.8 Å². The number of aliphatic carboxylic acids is 1. The zero-order chi connectivity index (χ0) is 25.4. The Balaban J connectivity index is 0.00000146. The van der Waals surface area contributed by atoms with E-state index in [2.05, 4.69) is 12.2 Å². The fraction of sp³-hybridized carbons (Fsp3) is 0.815. The lowest BCUT2D eigenvalue weighted by Crippen LogP contribution is -2.48. The molecular weight excluding hydrogens is 416 g/mol. The third kappa shape index (κ3) is 11.2. The summed E-state index contributed by atoms with van der Waals surface area (Å²) in [6.45, 7) is 11.4. The van der Waals surface area contributed by atoms with Gasteiger partial charge in [-0.2, -0.15) is 0 Å². The summed E-state index contributed by atoms with van der Waals surface area (Å²) in [4.78, 5) is 38.0. The predicted molar refractivity (Wildman–Crippen MR) is 136 cm³/mol. The van der Waals surface area contributed by atoms with Crippen LogP contribution in [0, 0.1) is 11.3 Å². The molecule has 0 spiro atoms. The lowest BCUT2D eigenvalue weighted by molar-refractivity contribution is -0.137. The maximum absolute atomic E-state index is 12.8. The first-order chi connectivity index (χ1) is 15.6. The highest BCUT2D eigenvalue weighted by Gasteiger charge is 2.34. The maximum Gasteiger partial charge on any atom is 0.331 e. The van der Waals surface area contributed by atoms with Crippen LogP contribution in [0.25, 0.3) is 0 Å². The second kappa shape index (κ2) is 16.7. The molecule has 2 N–H and O–H groups in total. The quantitative estimate of drug-likeness (QED) is 0.348. The zero-order valence-corrected chi connectivity index (χ0v) is 22.3. The van der Waals surface area contributed by atoms with Crippen molar-refractivity contribution in [3.63, 3.8) is 0 Å².